The third-order valence-corrected chi connectivity index (χ3v) is 4.51. The molecule has 0 aliphatic rings. The first-order chi connectivity index (χ1) is 13.9. The van der Waals surface area contributed by atoms with Crippen molar-refractivity contribution in [2.24, 2.45) is 0 Å². The monoisotopic (exact) mass is 462 g/mol. The number of nitrogens with zero attached hydrogens (tertiary/aromatic N) is 1. The number of hydrogen-bond acceptors (Lipinski definition) is 4. The molecule has 0 radical (unpaired) electrons. The van der Waals surface area contributed by atoms with Gasteiger partial charge in [-0.1, -0.05) is 22.0 Å². The molecule has 0 saturated carbocycles. The van der Waals surface area contributed by atoms with Gasteiger partial charge in [-0.05, 0) is 49.7 Å². The van der Waals surface area contributed by atoms with Crippen molar-refractivity contribution in [1.29, 1.82) is 0 Å². The van der Waals surface area contributed by atoms with Gasteiger partial charge in [0.2, 0.25) is 0 Å². The number of ether oxygens (including phenoxy) is 1. The Bertz CT molecular complexity index is 842. The first-order valence-electron chi connectivity index (χ1n) is 9.41. The molecular formula is C21H27BrN4O3. The molecule has 3 amide bonds. The van der Waals surface area contributed by atoms with E-state index in [-0.39, 0.29) is 11.9 Å². The van der Waals surface area contributed by atoms with E-state index in [1.54, 1.807) is 24.3 Å². The Morgan fingerprint density at radius 3 is 2.45 bits per heavy atom. The van der Waals surface area contributed by atoms with Gasteiger partial charge in [-0.2, -0.15) is 0 Å². The standard InChI is InChI=1S/C21H27BrN4O3/c1-4-29-12-6-11-23-20(27)18-14-17(9-10-19(18)26(2)3)25-21(28)24-16-8-5-7-15(22)13-16/h5,7-10,13-14H,4,6,11-12H2,1-3H3,(H,23,27)(H2,24,25,28). The summed E-state index contributed by atoms with van der Waals surface area (Å²) in [4.78, 5) is 26.8. The minimum absolute atomic E-state index is 0.193. The number of carbonyl (C=O) groups is 2. The van der Waals surface area contributed by atoms with Crippen LogP contribution >= 0.6 is 15.9 Å². The van der Waals surface area contributed by atoms with E-state index < -0.39 is 0 Å². The zero-order valence-corrected chi connectivity index (χ0v) is 18.5. The molecule has 2 rings (SSSR count). The van der Waals surface area contributed by atoms with Crippen LogP contribution in [0.25, 0.3) is 0 Å². The number of amides is 3. The average Bonchev–Trinajstić information content (AvgIpc) is 2.67. The summed E-state index contributed by atoms with van der Waals surface area (Å²) in [6, 6.07) is 12.2. The first kappa shape index (κ1) is 22.7. The molecule has 2 aromatic rings. The fourth-order valence-corrected chi connectivity index (χ4v) is 3.06. The summed E-state index contributed by atoms with van der Waals surface area (Å²) in [5.41, 5.74) is 2.45. The lowest BCUT2D eigenvalue weighted by Crippen LogP contribution is -2.27. The van der Waals surface area contributed by atoms with Gasteiger partial charge in [0, 0.05) is 55.4 Å². The number of rotatable bonds is 9. The maximum Gasteiger partial charge on any atom is 0.323 e. The highest BCUT2D eigenvalue weighted by Crippen LogP contribution is 2.23. The number of halogens is 1. The van der Waals surface area contributed by atoms with E-state index in [1.165, 1.54) is 0 Å². The highest BCUT2D eigenvalue weighted by molar-refractivity contribution is 9.10. The Morgan fingerprint density at radius 2 is 1.79 bits per heavy atom. The van der Waals surface area contributed by atoms with E-state index in [0.717, 1.165) is 16.6 Å². The molecule has 29 heavy (non-hydrogen) atoms. The molecule has 156 valence electrons. The summed E-state index contributed by atoms with van der Waals surface area (Å²) < 4.78 is 6.15. The van der Waals surface area contributed by atoms with Crippen molar-refractivity contribution >= 4 is 44.9 Å². The van der Waals surface area contributed by atoms with Gasteiger partial charge in [0.1, 0.15) is 0 Å². The molecule has 0 heterocycles. The van der Waals surface area contributed by atoms with Crippen LogP contribution in [-0.4, -0.2) is 45.8 Å². The van der Waals surface area contributed by atoms with Gasteiger partial charge in [-0.3, -0.25) is 4.79 Å². The Labute approximate surface area is 179 Å². The molecule has 0 fully saturated rings. The van der Waals surface area contributed by atoms with Crippen LogP contribution in [0.1, 0.15) is 23.7 Å². The van der Waals surface area contributed by atoms with Crippen molar-refractivity contribution in [2.75, 3.05) is 49.4 Å². The van der Waals surface area contributed by atoms with Crippen molar-refractivity contribution in [2.45, 2.75) is 13.3 Å². The highest BCUT2D eigenvalue weighted by Gasteiger charge is 2.14. The SMILES string of the molecule is CCOCCCNC(=O)c1cc(NC(=O)Nc2cccc(Br)c2)ccc1N(C)C. The lowest BCUT2D eigenvalue weighted by molar-refractivity contribution is 0.0944. The number of hydrogen-bond donors (Lipinski definition) is 3. The molecule has 0 unspecified atom stereocenters. The van der Waals surface area contributed by atoms with E-state index in [0.29, 0.717) is 36.7 Å². The molecule has 0 aromatic heterocycles. The van der Waals surface area contributed by atoms with Crippen molar-refractivity contribution in [3.63, 3.8) is 0 Å². The normalized spacial score (nSPS) is 10.3. The third-order valence-electron chi connectivity index (χ3n) is 4.02. The van der Waals surface area contributed by atoms with E-state index in [4.69, 9.17) is 4.74 Å². The van der Waals surface area contributed by atoms with Gasteiger partial charge < -0.3 is 25.6 Å². The van der Waals surface area contributed by atoms with E-state index >= 15 is 0 Å². The minimum atomic E-state index is -0.385. The van der Waals surface area contributed by atoms with E-state index in [1.807, 2.05) is 44.1 Å². The van der Waals surface area contributed by atoms with Crippen molar-refractivity contribution < 1.29 is 14.3 Å². The summed E-state index contributed by atoms with van der Waals surface area (Å²) in [6.45, 7) is 3.73. The Morgan fingerprint density at radius 1 is 1.07 bits per heavy atom. The molecule has 0 aliphatic heterocycles. The molecular weight excluding hydrogens is 436 g/mol. The van der Waals surface area contributed by atoms with E-state index in [2.05, 4.69) is 31.9 Å². The summed E-state index contributed by atoms with van der Waals surface area (Å²) in [6.07, 6.45) is 0.740. The largest absolute Gasteiger partial charge is 0.382 e. The molecule has 2 aromatic carbocycles. The van der Waals surface area contributed by atoms with Crippen LogP contribution in [0, 0.1) is 0 Å². The molecule has 0 atom stereocenters. The summed E-state index contributed by atoms with van der Waals surface area (Å²) in [5, 5.41) is 8.44. The van der Waals surface area contributed by atoms with Crippen molar-refractivity contribution in [3.8, 4) is 0 Å². The van der Waals surface area contributed by atoms with Gasteiger partial charge >= 0.3 is 6.03 Å². The van der Waals surface area contributed by atoms with Crippen LogP contribution in [0.2, 0.25) is 0 Å². The predicted octanol–water partition coefficient (Wildman–Crippen LogP) is 4.32. The average molecular weight is 463 g/mol. The number of nitrogens with one attached hydrogen (secondary N) is 3. The lowest BCUT2D eigenvalue weighted by Gasteiger charge is -2.18. The summed E-state index contributed by atoms with van der Waals surface area (Å²) >= 11 is 3.37. The van der Waals surface area contributed by atoms with Crippen LogP contribution in [-0.2, 0) is 4.74 Å². The summed E-state index contributed by atoms with van der Waals surface area (Å²) in [7, 11) is 3.74. The molecule has 0 aliphatic carbocycles. The van der Waals surface area contributed by atoms with Crippen LogP contribution in [0.3, 0.4) is 0 Å². The minimum Gasteiger partial charge on any atom is -0.382 e. The van der Waals surface area contributed by atoms with Gasteiger partial charge in [-0.25, -0.2) is 4.79 Å². The molecule has 8 heteroatoms. The molecule has 0 saturated heterocycles. The van der Waals surface area contributed by atoms with E-state index in [9.17, 15) is 9.59 Å². The maximum atomic E-state index is 12.7. The lowest BCUT2D eigenvalue weighted by atomic mass is 10.1. The fourth-order valence-electron chi connectivity index (χ4n) is 2.66. The first-order valence-corrected chi connectivity index (χ1v) is 10.2. The number of benzene rings is 2. The number of anilines is 3. The molecule has 0 spiro atoms. The molecule has 7 nitrogen and oxygen atoms in total. The molecule has 3 N–H and O–H groups in total. The second kappa shape index (κ2) is 11.4. The Kier molecular flexibility index (Phi) is 8.95. The van der Waals surface area contributed by atoms with Crippen LogP contribution in [0.5, 0.6) is 0 Å². The van der Waals surface area contributed by atoms with Gasteiger partial charge in [-0.15, -0.1) is 0 Å². The molecule has 0 bridgehead atoms. The van der Waals surface area contributed by atoms with Crippen LogP contribution in [0.15, 0.2) is 46.9 Å². The Hall–Kier alpha value is -2.58. The van der Waals surface area contributed by atoms with Gasteiger partial charge in [0.05, 0.1) is 5.56 Å². The third kappa shape index (κ3) is 7.40. The number of urea groups is 1. The fraction of sp³-hybridized carbons (Fsp3) is 0.333. The summed E-state index contributed by atoms with van der Waals surface area (Å²) in [5.74, 6) is -0.193. The van der Waals surface area contributed by atoms with Crippen molar-refractivity contribution in [1.82, 2.24) is 5.32 Å². The Balaban J connectivity index is 2.06. The number of carbonyl (C=O) groups excluding carboxylic acids is 2. The topological polar surface area (TPSA) is 82.7 Å². The van der Waals surface area contributed by atoms with Gasteiger partial charge in [0.15, 0.2) is 0 Å². The highest BCUT2D eigenvalue weighted by atomic mass is 79.9. The smallest absolute Gasteiger partial charge is 0.323 e. The quantitative estimate of drug-likeness (QED) is 0.484. The second-order valence-electron chi connectivity index (χ2n) is 6.52. The van der Waals surface area contributed by atoms with Gasteiger partial charge in [0.25, 0.3) is 5.91 Å². The van der Waals surface area contributed by atoms with Crippen molar-refractivity contribution in [3.05, 3.63) is 52.5 Å². The van der Waals surface area contributed by atoms with Crippen LogP contribution in [0.4, 0.5) is 21.9 Å². The zero-order valence-electron chi connectivity index (χ0n) is 16.9. The zero-order chi connectivity index (χ0) is 21.2. The predicted molar refractivity (Wildman–Crippen MR) is 121 cm³/mol. The second-order valence-corrected chi connectivity index (χ2v) is 7.44. The maximum absolute atomic E-state index is 12.7. The van der Waals surface area contributed by atoms with Crippen LogP contribution < -0.4 is 20.9 Å².